The van der Waals surface area contributed by atoms with Crippen LogP contribution in [0.5, 0.6) is 0 Å². The number of aromatic amines is 1. The van der Waals surface area contributed by atoms with Crippen molar-refractivity contribution < 1.29 is 4.79 Å². The van der Waals surface area contributed by atoms with Crippen molar-refractivity contribution in [1.29, 1.82) is 0 Å². The summed E-state index contributed by atoms with van der Waals surface area (Å²) < 4.78 is 0. The Morgan fingerprint density at radius 1 is 1.19 bits per heavy atom. The third-order valence-electron chi connectivity index (χ3n) is 3.90. The molecule has 0 bridgehead atoms. The van der Waals surface area contributed by atoms with Gasteiger partial charge in [-0.2, -0.15) is 0 Å². The average molecular weight is 400 g/mol. The Kier molecular flexibility index (Phi) is 5.98. The molecule has 0 aliphatic carbocycles. The van der Waals surface area contributed by atoms with Gasteiger partial charge in [0, 0.05) is 22.3 Å². The number of benzene rings is 2. The normalized spacial score (nSPS) is 11.8. The molecule has 1 aromatic heterocycles. The molecule has 0 aliphatic heterocycles. The summed E-state index contributed by atoms with van der Waals surface area (Å²) in [6.45, 7) is 3.65. The number of hydrogen-bond acceptors (Lipinski definition) is 4. The molecule has 27 heavy (non-hydrogen) atoms. The van der Waals surface area contributed by atoms with E-state index < -0.39 is 5.25 Å². The molecule has 1 amide bonds. The number of amides is 1. The van der Waals surface area contributed by atoms with E-state index in [2.05, 4.69) is 15.3 Å². The number of rotatable bonds is 5. The molecule has 3 aromatic rings. The van der Waals surface area contributed by atoms with E-state index in [9.17, 15) is 9.59 Å². The molecule has 1 atom stereocenters. The Hall–Kier alpha value is -2.57. The molecule has 138 valence electrons. The number of thioether (sulfide) groups is 1. The molecule has 2 N–H and O–H groups in total. The minimum absolute atomic E-state index is 0.196. The standard InChI is InChI=1S/C20H18ClN3O2S/c1-12-8-9-15(21)10-16(12)22-19(26)13(2)27-20-23-17(11-18(25)24-20)14-6-4-3-5-7-14/h3-11,13H,1-2H3,(H,22,26)(H,23,24,25)/t13-/m0/s1. The van der Waals surface area contributed by atoms with Crippen molar-refractivity contribution in [3.05, 3.63) is 75.5 Å². The van der Waals surface area contributed by atoms with Crippen LogP contribution >= 0.6 is 23.4 Å². The Balaban J connectivity index is 1.76. The zero-order chi connectivity index (χ0) is 19.4. The molecule has 7 heteroatoms. The summed E-state index contributed by atoms with van der Waals surface area (Å²) in [5, 5.41) is 3.36. The van der Waals surface area contributed by atoms with Crippen molar-refractivity contribution in [3.63, 3.8) is 0 Å². The van der Waals surface area contributed by atoms with E-state index in [1.165, 1.54) is 17.8 Å². The monoisotopic (exact) mass is 399 g/mol. The van der Waals surface area contributed by atoms with Crippen molar-refractivity contribution in [2.45, 2.75) is 24.3 Å². The lowest BCUT2D eigenvalue weighted by molar-refractivity contribution is -0.115. The van der Waals surface area contributed by atoms with Crippen LogP contribution in [0.2, 0.25) is 5.02 Å². The van der Waals surface area contributed by atoms with Gasteiger partial charge >= 0.3 is 0 Å². The Labute approximate surface area is 166 Å². The Morgan fingerprint density at radius 2 is 1.93 bits per heavy atom. The van der Waals surface area contributed by atoms with Crippen LogP contribution in [0.25, 0.3) is 11.3 Å². The van der Waals surface area contributed by atoms with Crippen molar-refractivity contribution in [2.24, 2.45) is 0 Å². The average Bonchev–Trinajstić information content (AvgIpc) is 2.65. The van der Waals surface area contributed by atoms with Crippen molar-refractivity contribution >= 4 is 35.0 Å². The van der Waals surface area contributed by atoms with Crippen LogP contribution in [0, 0.1) is 6.92 Å². The molecule has 0 saturated heterocycles. The summed E-state index contributed by atoms with van der Waals surface area (Å²) in [4.78, 5) is 31.7. The lowest BCUT2D eigenvalue weighted by Gasteiger charge is -2.13. The van der Waals surface area contributed by atoms with E-state index in [1.54, 1.807) is 19.1 Å². The lowest BCUT2D eigenvalue weighted by Crippen LogP contribution is -2.23. The first kappa shape index (κ1) is 19.2. The first-order chi connectivity index (χ1) is 12.9. The topological polar surface area (TPSA) is 74.8 Å². The van der Waals surface area contributed by atoms with Gasteiger partial charge in [-0.25, -0.2) is 4.98 Å². The van der Waals surface area contributed by atoms with Crippen LogP contribution in [0.3, 0.4) is 0 Å². The highest BCUT2D eigenvalue weighted by Gasteiger charge is 2.17. The molecule has 2 aromatic carbocycles. The Morgan fingerprint density at radius 3 is 2.67 bits per heavy atom. The van der Waals surface area contributed by atoms with Gasteiger partial charge in [-0.3, -0.25) is 9.59 Å². The van der Waals surface area contributed by atoms with E-state index in [1.807, 2.05) is 43.3 Å². The van der Waals surface area contributed by atoms with Gasteiger partial charge in [0.15, 0.2) is 5.16 Å². The molecule has 0 fully saturated rings. The highest BCUT2D eigenvalue weighted by Crippen LogP contribution is 2.25. The highest BCUT2D eigenvalue weighted by atomic mass is 35.5. The van der Waals surface area contributed by atoms with Crippen LogP contribution in [0.1, 0.15) is 12.5 Å². The molecule has 0 saturated carbocycles. The van der Waals surface area contributed by atoms with E-state index >= 15 is 0 Å². The summed E-state index contributed by atoms with van der Waals surface area (Å²) in [6, 6.07) is 16.2. The predicted octanol–water partition coefficient (Wildman–Crippen LogP) is 4.52. The second kappa shape index (κ2) is 8.41. The number of H-pyrrole nitrogens is 1. The third-order valence-corrected chi connectivity index (χ3v) is 5.12. The van der Waals surface area contributed by atoms with Crippen LogP contribution < -0.4 is 10.9 Å². The zero-order valence-corrected chi connectivity index (χ0v) is 16.4. The number of aryl methyl sites for hydroxylation is 1. The fourth-order valence-electron chi connectivity index (χ4n) is 2.43. The first-order valence-electron chi connectivity index (χ1n) is 8.33. The second-order valence-corrected chi connectivity index (χ2v) is 7.78. The summed E-state index contributed by atoms with van der Waals surface area (Å²) in [5.74, 6) is -0.196. The van der Waals surface area contributed by atoms with Crippen LogP contribution in [0.4, 0.5) is 5.69 Å². The maximum absolute atomic E-state index is 12.5. The fourth-order valence-corrected chi connectivity index (χ4v) is 3.42. The highest BCUT2D eigenvalue weighted by molar-refractivity contribution is 8.00. The molecule has 0 spiro atoms. The fraction of sp³-hybridized carbons (Fsp3) is 0.150. The van der Waals surface area contributed by atoms with Crippen molar-refractivity contribution in [1.82, 2.24) is 9.97 Å². The smallest absolute Gasteiger partial charge is 0.252 e. The van der Waals surface area contributed by atoms with Gasteiger partial charge in [0.2, 0.25) is 5.91 Å². The van der Waals surface area contributed by atoms with Gasteiger partial charge in [0.25, 0.3) is 5.56 Å². The number of carbonyl (C=O) groups excluding carboxylic acids is 1. The predicted molar refractivity (Wildman–Crippen MR) is 110 cm³/mol. The van der Waals surface area contributed by atoms with E-state index in [-0.39, 0.29) is 11.5 Å². The third kappa shape index (κ3) is 4.99. The molecule has 0 radical (unpaired) electrons. The SMILES string of the molecule is Cc1ccc(Cl)cc1NC(=O)[C@H](C)Sc1nc(-c2ccccc2)cc(=O)[nH]1. The molecular weight excluding hydrogens is 382 g/mol. The van der Waals surface area contributed by atoms with E-state index in [4.69, 9.17) is 11.6 Å². The lowest BCUT2D eigenvalue weighted by atomic mass is 10.1. The van der Waals surface area contributed by atoms with Crippen molar-refractivity contribution in [3.8, 4) is 11.3 Å². The number of nitrogens with one attached hydrogen (secondary N) is 2. The second-order valence-electron chi connectivity index (χ2n) is 6.01. The van der Waals surface area contributed by atoms with Gasteiger partial charge in [0.1, 0.15) is 0 Å². The van der Waals surface area contributed by atoms with Gasteiger partial charge in [-0.15, -0.1) is 0 Å². The number of anilines is 1. The molecular formula is C20H18ClN3O2S. The molecule has 1 heterocycles. The zero-order valence-electron chi connectivity index (χ0n) is 14.8. The van der Waals surface area contributed by atoms with Gasteiger partial charge in [0.05, 0.1) is 10.9 Å². The van der Waals surface area contributed by atoms with Crippen LogP contribution in [0.15, 0.2) is 64.5 Å². The van der Waals surface area contributed by atoms with Gasteiger partial charge in [-0.1, -0.05) is 59.8 Å². The first-order valence-corrected chi connectivity index (χ1v) is 9.58. The van der Waals surface area contributed by atoms with Gasteiger partial charge in [-0.05, 0) is 31.5 Å². The molecule has 3 rings (SSSR count). The number of hydrogen-bond donors (Lipinski definition) is 2. The Bertz CT molecular complexity index is 1020. The maximum atomic E-state index is 12.5. The molecule has 5 nitrogen and oxygen atoms in total. The number of carbonyl (C=O) groups is 1. The largest absolute Gasteiger partial charge is 0.325 e. The summed E-state index contributed by atoms with van der Waals surface area (Å²) in [6.07, 6.45) is 0. The van der Waals surface area contributed by atoms with Crippen LogP contribution in [-0.4, -0.2) is 21.1 Å². The summed E-state index contributed by atoms with van der Waals surface area (Å²) >= 11 is 7.19. The maximum Gasteiger partial charge on any atom is 0.252 e. The molecule has 0 aliphatic rings. The number of aromatic nitrogens is 2. The van der Waals surface area contributed by atoms with Crippen LogP contribution in [-0.2, 0) is 4.79 Å². The number of halogens is 1. The summed E-state index contributed by atoms with van der Waals surface area (Å²) in [5.41, 5.74) is 2.74. The van der Waals surface area contributed by atoms with E-state index in [0.29, 0.717) is 21.6 Å². The molecule has 0 unspecified atom stereocenters. The minimum Gasteiger partial charge on any atom is -0.325 e. The van der Waals surface area contributed by atoms with Gasteiger partial charge < -0.3 is 10.3 Å². The van der Waals surface area contributed by atoms with Crippen molar-refractivity contribution in [2.75, 3.05) is 5.32 Å². The minimum atomic E-state index is -0.461. The van der Waals surface area contributed by atoms with E-state index in [0.717, 1.165) is 11.1 Å². The summed E-state index contributed by atoms with van der Waals surface area (Å²) in [7, 11) is 0. The quantitative estimate of drug-likeness (QED) is 0.488. The number of nitrogens with zero attached hydrogens (tertiary/aromatic N) is 1.